The number of aliphatic imine (C=N–C) groups is 2. The van der Waals surface area contributed by atoms with Gasteiger partial charge in [0.2, 0.25) is 12.2 Å². The van der Waals surface area contributed by atoms with Gasteiger partial charge in [-0.2, -0.15) is 0 Å². The maximum atomic E-state index is 11.3. The van der Waals surface area contributed by atoms with Gasteiger partial charge in [0.05, 0.1) is 24.9 Å². The van der Waals surface area contributed by atoms with Crippen LogP contribution in [0.1, 0.15) is 25.7 Å². The first-order valence-electron chi connectivity index (χ1n) is 6.73. The van der Waals surface area contributed by atoms with Crippen LogP contribution in [0.5, 0.6) is 0 Å². The van der Waals surface area contributed by atoms with Crippen LogP contribution in [0.2, 0.25) is 0 Å². The van der Waals surface area contributed by atoms with Gasteiger partial charge in [-0.1, -0.05) is 11.1 Å². The van der Waals surface area contributed by atoms with Crippen molar-refractivity contribution >= 4 is 24.1 Å². The minimum absolute atomic E-state index is 0.0980. The quantitative estimate of drug-likeness (QED) is 0.389. The average Bonchev–Trinajstić information content (AvgIpc) is 2.48. The Morgan fingerprint density at radius 1 is 0.909 bits per heavy atom. The first-order valence-corrected chi connectivity index (χ1v) is 6.73. The maximum absolute atomic E-state index is 11.3. The van der Waals surface area contributed by atoms with E-state index in [-0.39, 0.29) is 25.9 Å². The van der Waals surface area contributed by atoms with E-state index in [1.54, 1.807) is 0 Å². The molecular formula is C14H16N2O6. The number of nitrogens with zero attached hydrogens (tertiary/aromatic N) is 2. The zero-order valence-electron chi connectivity index (χ0n) is 11.8. The number of carboxylic acid groups (broad SMARTS) is 2. The van der Waals surface area contributed by atoms with Gasteiger partial charge in [-0.25, -0.2) is 19.6 Å². The second-order valence-corrected chi connectivity index (χ2v) is 4.95. The van der Waals surface area contributed by atoms with Crippen molar-refractivity contribution in [2.75, 3.05) is 13.1 Å². The average molecular weight is 308 g/mol. The van der Waals surface area contributed by atoms with Crippen LogP contribution in [0.4, 0.5) is 0 Å². The lowest BCUT2D eigenvalue weighted by molar-refractivity contribution is -0.154. The predicted molar refractivity (Wildman–Crippen MR) is 73.7 cm³/mol. The van der Waals surface area contributed by atoms with Crippen molar-refractivity contribution < 1.29 is 29.4 Å². The molecule has 1 aliphatic rings. The molecule has 1 rings (SSSR count). The van der Waals surface area contributed by atoms with Crippen molar-refractivity contribution in [1.82, 2.24) is 0 Å². The van der Waals surface area contributed by atoms with Gasteiger partial charge < -0.3 is 10.2 Å². The third kappa shape index (κ3) is 4.77. The second-order valence-electron chi connectivity index (χ2n) is 4.95. The highest BCUT2D eigenvalue weighted by atomic mass is 16.4. The molecule has 8 heteroatoms. The fraction of sp³-hybridized carbons (Fsp3) is 0.571. The molecule has 0 saturated carbocycles. The summed E-state index contributed by atoms with van der Waals surface area (Å²) in [5.74, 6) is -4.33. The van der Waals surface area contributed by atoms with Crippen molar-refractivity contribution in [2.24, 2.45) is 21.8 Å². The van der Waals surface area contributed by atoms with Gasteiger partial charge in [0, 0.05) is 0 Å². The van der Waals surface area contributed by atoms with E-state index in [0.29, 0.717) is 12.8 Å². The summed E-state index contributed by atoms with van der Waals surface area (Å²) in [5, 5.41) is 18.4. The Kier molecular flexibility index (Phi) is 6.89. The number of carbonyl (C=O) groups is 2. The molecule has 0 saturated heterocycles. The number of aliphatic carboxylic acids is 2. The third-order valence-electron chi connectivity index (χ3n) is 3.73. The molecule has 0 bridgehead atoms. The highest BCUT2D eigenvalue weighted by Gasteiger charge is 2.38. The van der Waals surface area contributed by atoms with E-state index in [0.717, 1.165) is 11.1 Å². The van der Waals surface area contributed by atoms with Crippen LogP contribution in [0, 0.1) is 11.8 Å². The lowest BCUT2D eigenvalue weighted by Crippen LogP contribution is -2.34. The van der Waals surface area contributed by atoms with Crippen molar-refractivity contribution in [3.63, 3.8) is 0 Å². The SMILES string of the molecule is O=C=NCCC1=C(CCN=C=O)CC(C(=O)O)C(C(=O)O)C1. The lowest BCUT2D eigenvalue weighted by atomic mass is 9.74. The molecule has 0 aliphatic heterocycles. The summed E-state index contributed by atoms with van der Waals surface area (Å²) in [6, 6.07) is 0. The molecule has 8 nitrogen and oxygen atoms in total. The predicted octanol–water partition coefficient (Wildman–Crippen LogP) is 0.930. The first kappa shape index (κ1) is 17.5. The fourth-order valence-corrected chi connectivity index (χ4v) is 2.65. The Hall–Kier alpha value is -2.56. The Morgan fingerprint density at radius 2 is 1.27 bits per heavy atom. The molecule has 22 heavy (non-hydrogen) atoms. The number of carboxylic acids is 2. The second kappa shape index (κ2) is 8.67. The monoisotopic (exact) mass is 308 g/mol. The van der Waals surface area contributed by atoms with Gasteiger partial charge in [0.25, 0.3) is 0 Å². The van der Waals surface area contributed by atoms with E-state index in [9.17, 15) is 29.4 Å². The molecule has 0 amide bonds. The molecule has 2 atom stereocenters. The van der Waals surface area contributed by atoms with E-state index in [1.165, 1.54) is 12.2 Å². The maximum Gasteiger partial charge on any atom is 0.307 e. The molecule has 0 spiro atoms. The smallest absolute Gasteiger partial charge is 0.307 e. The summed E-state index contributed by atoms with van der Waals surface area (Å²) in [4.78, 5) is 49.6. The Labute approximate surface area is 126 Å². The zero-order chi connectivity index (χ0) is 16.5. The highest BCUT2D eigenvalue weighted by Crippen LogP contribution is 2.37. The van der Waals surface area contributed by atoms with Crippen LogP contribution in [-0.4, -0.2) is 47.4 Å². The molecule has 0 aromatic heterocycles. The van der Waals surface area contributed by atoms with E-state index >= 15 is 0 Å². The molecule has 0 radical (unpaired) electrons. The van der Waals surface area contributed by atoms with E-state index in [1.807, 2.05) is 0 Å². The Balaban J connectivity index is 3.03. The van der Waals surface area contributed by atoms with Crippen LogP contribution in [0.15, 0.2) is 21.1 Å². The Morgan fingerprint density at radius 3 is 1.55 bits per heavy atom. The normalized spacial score (nSPS) is 20.7. The van der Waals surface area contributed by atoms with Crippen LogP contribution < -0.4 is 0 Å². The van der Waals surface area contributed by atoms with E-state index < -0.39 is 23.8 Å². The Bertz CT molecular complexity index is 520. The van der Waals surface area contributed by atoms with Gasteiger partial charge in [-0.05, 0) is 25.7 Å². The van der Waals surface area contributed by atoms with Crippen molar-refractivity contribution in [2.45, 2.75) is 25.7 Å². The van der Waals surface area contributed by atoms with E-state index in [2.05, 4.69) is 9.98 Å². The highest BCUT2D eigenvalue weighted by molar-refractivity contribution is 5.81. The minimum Gasteiger partial charge on any atom is -0.481 e. The number of carbonyl (C=O) groups excluding carboxylic acids is 2. The molecular weight excluding hydrogens is 292 g/mol. The summed E-state index contributed by atoms with van der Waals surface area (Å²) in [5.41, 5.74) is 1.54. The number of hydrogen-bond donors (Lipinski definition) is 2. The molecule has 0 fully saturated rings. The summed E-state index contributed by atoms with van der Waals surface area (Å²) in [6.45, 7) is 0.340. The number of rotatable bonds is 8. The summed E-state index contributed by atoms with van der Waals surface area (Å²) < 4.78 is 0. The molecule has 118 valence electrons. The van der Waals surface area contributed by atoms with Crippen molar-refractivity contribution in [1.29, 1.82) is 0 Å². The minimum atomic E-state index is -1.16. The van der Waals surface area contributed by atoms with Gasteiger partial charge >= 0.3 is 11.9 Å². The number of isocyanates is 2. The van der Waals surface area contributed by atoms with Gasteiger partial charge in [0.1, 0.15) is 0 Å². The van der Waals surface area contributed by atoms with E-state index in [4.69, 9.17) is 0 Å². The molecule has 1 aliphatic carbocycles. The van der Waals surface area contributed by atoms with Crippen LogP contribution >= 0.6 is 0 Å². The van der Waals surface area contributed by atoms with Crippen LogP contribution in [-0.2, 0) is 19.2 Å². The standard InChI is InChI=1S/C14H16N2O6/c17-7-15-3-1-9-5-11(13(19)20)12(14(21)22)6-10(9)2-4-16-8-18/h11-12H,1-6H2,(H,19,20)(H,21,22). The van der Waals surface area contributed by atoms with Crippen molar-refractivity contribution in [3.8, 4) is 0 Å². The molecule has 2 unspecified atom stereocenters. The molecule has 0 aromatic rings. The van der Waals surface area contributed by atoms with Crippen molar-refractivity contribution in [3.05, 3.63) is 11.1 Å². The van der Waals surface area contributed by atoms with Gasteiger partial charge in [-0.3, -0.25) is 9.59 Å². The van der Waals surface area contributed by atoms with Gasteiger partial charge in [-0.15, -0.1) is 0 Å². The molecule has 0 aromatic carbocycles. The number of hydrogen-bond acceptors (Lipinski definition) is 6. The first-order chi connectivity index (χ1) is 10.5. The van der Waals surface area contributed by atoms with Crippen LogP contribution in [0.25, 0.3) is 0 Å². The zero-order valence-corrected chi connectivity index (χ0v) is 11.8. The third-order valence-corrected chi connectivity index (χ3v) is 3.73. The van der Waals surface area contributed by atoms with Gasteiger partial charge in [0.15, 0.2) is 0 Å². The summed E-state index contributed by atoms with van der Waals surface area (Å²) >= 11 is 0. The molecule has 2 N–H and O–H groups in total. The topological polar surface area (TPSA) is 133 Å². The van der Waals surface area contributed by atoms with Crippen LogP contribution in [0.3, 0.4) is 0 Å². The lowest BCUT2D eigenvalue weighted by Gasteiger charge is -2.30. The molecule has 0 heterocycles. The summed E-state index contributed by atoms with van der Waals surface area (Å²) in [6.07, 6.45) is 3.74. The largest absolute Gasteiger partial charge is 0.481 e. The fourth-order valence-electron chi connectivity index (χ4n) is 2.65. The summed E-state index contributed by atoms with van der Waals surface area (Å²) in [7, 11) is 0.